The first-order valence-corrected chi connectivity index (χ1v) is 6.27. The van der Waals surface area contributed by atoms with Crippen LogP contribution in [0.2, 0.25) is 0 Å². The smallest absolute Gasteiger partial charge is 0.00216 e. The number of allylic oxidation sites excluding steroid dienone is 1. The molecule has 1 nitrogen and oxygen atoms in total. The summed E-state index contributed by atoms with van der Waals surface area (Å²) in [5.74, 6) is 0. The molecule has 0 N–H and O–H groups in total. The minimum atomic E-state index is 1.07. The fourth-order valence-electron chi connectivity index (χ4n) is 1.50. The quantitative estimate of drug-likeness (QED) is 0.491. The van der Waals surface area contributed by atoms with E-state index in [1.54, 1.807) is 0 Å². The zero-order chi connectivity index (χ0) is 11.5. The lowest BCUT2D eigenvalue weighted by Crippen LogP contribution is -2.27. The molecule has 0 aliphatic rings. The molecule has 0 aliphatic carbocycles. The highest BCUT2D eigenvalue weighted by molar-refractivity contribution is 5.10. The zero-order valence-corrected chi connectivity index (χ0v) is 10.6. The van der Waals surface area contributed by atoms with Gasteiger partial charge in [0.25, 0.3) is 0 Å². The van der Waals surface area contributed by atoms with Gasteiger partial charge in [0.2, 0.25) is 0 Å². The Labute approximate surface area is 95.9 Å². The minimum Gasteiger partial charge on any atom is -0.303 e. The lowest BCUT2D eigenvalue weighted by Gasteiger charge is -2.21. The molecule has 15 heavy (non-hydrogen) atoms. The molecule has 0 saturated heterocycles. The summed E-state index contributed by atoms with van der Waals surface area (Å²) in [7, 11) is 0. The SMILES string of the molecule is C=CC(=C)CCN(CCCC)CCCC. The van der Waals surface area contributed by atoms with Crippen LogP contribution in [0, 0.1) is 0 Å². The number of rotatable bonds is 10. The first-order chi connectivity index (χ1) is 7.24. The van der Waals surface area contributed by atoms with Crippen molar-refractivity contribution in [2.45, 2.75) is 46.0 Å². The fourth-order valence-corrected chi connectivity index (χ4v) is 1.50. The maximum atomic E-state index is 3.96. The maximum absolute atomic E-state index is 3.96. The summed E-state index contributed by atoms with van der Waals surface area (Å²) in [6.45, 7) is 15.8. The van der Waals surface area contributed by atoms with Gasteiger partial charge in [-0.05, 0) is 32.4 Å². The summed E-state index contributed by atoms with van der Waals surface area (Å²) in [6.07, 6.45) is 8.12. The second-order valence-corrected chi connectivity index (χ2v) is 4.16. The van der Waals surface area contributed by atoms with Crippen LogP contribution in [-0.2, 0) is 0 Å². The van der Waals surface area contributed by atoms with E-state index in [0.29, 0.717) is 0 Å². The van der Waals surface area contributed by atoms with Crippen LogP contribution in [0.4, 0.5) is 0 Å². The van der Waals surface area contributed by atoms with Gasteiger partial charge in [-0.1, -0.05) is 51.5 Å². The maximum Gasteiger partial charge on any atom is 0.00216 e. The van der Waals surface area contributed by atoms with Crippen molar-refractivity contribution in [3.8, 4) is 0 Å². The molecule has 0 atom stereocenters. The molecule has 0 aromatic rings. The molecule has 0 aromatic carbocycles. The van der Waals surface area contributed by atoms with E-state index in [9.17, 15) is 0 Å². The van der Waals surface area contributed by atoms with Crippen molar-refractivity contribution in [2.75, 3.05) is 19.6 Å². The van der Waals surface area contributed by atoms with Crippen LogP contribution in [0.5, 0.6) is 0 Å². The average Bonchev–Trinajstić information content (AvgIpc) is 2.27. The van der Waals surface area contributed by atoms with Gasteiger partial charge in [0.1, 0.15) is 0 Å². The highest BCUT2D eigenvalue weighted by atomic mass is 15.1. The summed E-state index contributed by atoms with van der Waals surface area (Å²) in [5, 5.41) is 0. The molecule has 0 unspecified atom stereocenters. The predicted molar refractivity (Wildman–Crippen MR) is 70.2 cm³/mol. The van der Waals surface area contributed by atoms with Crippen LogP contribution >= 0.6 is 0 Å². The third-order valence-electron chi connectivity index (χ3n) is 2.69. The molecule has 88 valence electrons. The third-order valence-corrected chi connectivity index (χ3v) is 2.69. The van der Waals surface area contributed by atoms with Crippen LogP contribution in [-0.4, -0.2) is 24.5 Å². The van der Waals surface area contributed by atoms with Crippen molar-refractivity contribution in [3.63, 3.8) is 0 Å². The van der Waals surface area contributed by atoms with Crippen LogP contribution in [0.1, 0.15) is 46.0 Å². The molecule has 0 aliphatic heterocycles. The summed E-state index contributed by atoms with van der Waals surface area (Å²) < 4.78 is 0. The van der Waals surface area contributed by atoms with Gasteiger partial charge in [-0.15, -0.1) is 0 Å². The van der Waals surface area contributed by atoms with Crippen molar-refractivity contribution in [2.24, 2.45) is 0 Å². The van der Waals surface area contributed by atoms with Crippen molar-refractivity contribution >= 4 is 0 Å². The van der Waals surface area contributed by atoms with Crippen molar-refractivity contribution in [1.82, 2.24) is 4.90 Å². The molecule has 0 saturated carbocycles. The van der Waals surface area contributed by atoms with E-state index in [1.807, 2.05) is 6.08 Å². The normalized spacial score (nSPS) is 10.6. The minimum absolute atomic E-state index is 1.07. The third kappa shape index (κ3) is 8.44. The molecular formula is C14H27N. The molecule has 0 fully saturated rings. The van der Waals surface area contributed by atoms with E-state index < -0.39 is 0 Å². The van der Waals surface area contributed by atoms with Crippen LogP contribution < -0.4 is 0 Å². The molecule has 0 aromatic heterocycles. The Morgan fingerprint density at radius 3 is 2.00 bits per heavy atom. The number of nitrogens with zero attached hydrogens (tertiary/aromatic N) is 1. The van der Waals surface area contributed by atoms with Gasteiger partial charge in [0.15, 0.2) is 0 Å². The Morgan fingerprint density at radius 2 is 1.60 bits per heavy atom. The summed E-state index contributed by atoms with van der Waals surface area (Å²) in [6, 6.07) is 0. The molecule has 0 bridgehead atoms. The highest BCUT2D eigenvalue weighted by Crippen LogP contribution is 2.05. The zero-order valence-electron chi connectivity index (χ0n) is 10.6. The molecule has 0 rings (SSSR count). The lowest BCUT2D eigenvalue weighted by molar-refractivity contribution is 0.269. The van der Waals surface area contributed by atoms with Gasteiger partial charge < -0.3 is 4.90 Å². The largest absolute Gasteiger partial charge is 0.303 e. The van der Waals surface area contributed by atoms with Gasteiger partial charge >= 0.3 is 0 Å². The van der Waals surface area contributed by atoms with Gasteiger partial charge in [0.05, 0.1) is 0 Å². The van der Waals surface area contributed by atoms with Crippen molar-refractivity contribution in [1.29, 1.82) is 0 Å². The second kappa shape index (κ2) is 9.97. The number of hydrogen-bond acceptors (Lipinski definition) is 1. The topological polar surface area (TPSA) is 3.24 Å². The average molecular weight is 209 g/mol. The van der Waals surface area contributed by atoms with Gasteiger partial charge in [-0.2, -0.15) is 0 Å². The predicted octanol–water partition coefficient (Wildman–Crippen LogP) is 4.02. The lowest BCUT2D eigenvalue weighted by atomic mass is 10.2. The van der Waals surface area contributed by atoms with E-state index in [4.69, 9.17) is 0 Å². The monoisotopic (exact) mass is 209 g/mol. The highest BCUT2D eigenvalue weighted by Gasteiger charge is 2.03. The standard InChI is InChI=1S/C14H27N/c1-5-8-11-15(12-9-6-2)13-10-14(4)7-3/h7H,3-6,8-13H2,1-2H3. The molecule has 0 radical (unpaired) electrons. The van der Waals surface area contributed by atoms with E-state index in [-0.39, 0.29) is 0 Å². The summed E-state index contributed by atoms with van der Waals surface area (Å²) in [4.78, 5) is 2.56. The Kier molecular flexibility index (Phi) is 9.60. The molecule has 0 amide bonds. The van der Waals surface area contributed by atoms with Gasteiger partial charge in [-0.3, -0.25) is 0 Å². The van der Waals surface area contributed by atoms with Crippen LogP contribution in [0.25, 0.3) is 0 Å². The fraction of sp³-hybridized carbons (Fsp3) is 0.714. The molecule has 0 spiro atoms. The summed E-state index contributed by atoms with van der Waals surface area (Å²) >= 11 is 0. The Hall–Kier alpha value is -0.560. The van der Waals surface area contributed by atoms with E-state index in [1.165, 1.54) is 38.8 Å². The van der Waals surface area contributed by atoms with E-state index >= 15 is 0 Å². The van der Waals surface area contributed by atoms with Crippen molar-refractivity contribution < 1.29 is 0 Å². The first-order valence-electron chi connectivity index (χ1n) is 6.27. The second-order valence-electron chi connectivity index (χ2n) is 4.16. The van der Waals surface area contributed by atoms with E-state index in [0.717, 1.165) is 18.5 Å². The van der Waals surface area contributed by atoms with Crippen LogP contribution in [0.15, 0.2) is 24.8 Å². The first kappa shape index (κ1) is 14.4. The number of unbranched alkanes of at least 4 members (excludes halogenated alkanes) is 2. The Bertz CT molecular complexity index is 164. The summed E-state index contributed by atoms with van der Waals surface area (Å²) in [5.41, 5.74) is 1.16. The molecule has 0 heterocycles. The van der Waals surface area contributed by atoms with Gasteiger partial charge in [0, 0.05) is 6.54 Å². The van der Waals surface area contributed by atoms with Crippen molar-refractivity contribution in [3.05, 3.63) is 24.8 Å². The number of hydrogen-bond donors (Lipinski definition) is 0. The Morgan fingerprint density at radius 1 is 1.07 bits per heavy atom. The van der Waals surface area contributed by atoms with Gasteiger partial charge in [-0.25, -0.2) is 0 Å². The van der Waals surface area contributed by atoms with Crippen LogP contribution in [0.3, 0.4) is 0 Å². The van der Waals surface area contributed by atoms with E-state index in [2.05, 4.69) is 31.9 Å². The molecular weight excluding hydrogens is 182 g/mol. The Balaban J connectivity index is 3.77. The molecule has 1 heteroatoms.